The fourth-order valence-corrected chi connectivity index (χ4v) is 2.25. The van der Waals surface area contributed by atoms with E-state index in [4.69, 9.17) is 5.11 Å². The third-order valence-corrected chi connectivity index (χ3v) is 3.21. The van der Waals surface area contributed by atoms with Crippen molar-refractivity contribution in [2.45, 2.75) is 25.8 Å². The first-order valence-electron chi connectivity index (χ1n) is 4.62. The average molecular weight is 239 g/mol. The lowest BCUT2D eigenvalue weighted by Crippen LogP contribution is -2.38. The van der Waals surface area contributed by atoms with Gasteiger partial charge in [-0.05, 0) is 6.42 Å². The highest BCUT2D eigenvalue weighted by Gasteiger charge is 2.18. The normalized spacial score (nSPS) is 13.7. The first kappa shape index (κ1) is 14.3. The Balaban J connectivity index is 4.21. The summed E-state index contributed by atoms with van der Waals surface area (Å²) in [5, 5.41) is 8.53. The number of methoxy groups -OCH3 is 1. The molecule has 2 N–H and O–H groups in total. The van der Waals surface area contributed by atoms with Crippen LogP contribution < -0.4 is 4.72 Å². The number of hydrogen-bond donors (Lipinski definition) is 2. The molecule has 15 heavy (non-hydrogen) atoms. The summed E-state index contributed by atoms with van der Waals surface area (Å²) in [5.41, 5.74) is 0. The lowest BCUT2D eigenvalue weighted by molar-refractivity contribution is -0.137. The molecule has 0 aliphatic carbocycles. The van der Waals surface area contributed by atoms with Gasteiger partial charge in [0.25, 0.3) is 0 Å². The predicted octanol–water partition coefficient (Wildman–Crippen LogP) is -0.194. The first-order chi connectivity index (χ1) is 6.91. The number of sulfonamides is 1. The maximum Gasteiger partial charge on any atom is 0.304 e. The van der Waals surface area contributed by atoms with Gasteiger partial charge in [0.05, 0.1) is 18.8 Å². The van der Waals surface area contributed by atoms with Crippen molar-refractivity contribution in [3.63, 3.8) is 0 Å². The van der Waals surface area contributed by atoms with Crippen LogP contribution in [0.15, 0.2) is 0 Å². The molecule has 0 rings (SSSR count). The van der Waals surface area contributed by atoms with Crippen LogP contribution in [0.1, 0.15) is 19.8 Å². The second-order valence-electron chi connectivity index (χ2n) is 3.13. The summed E-state index contributed by atoms with van der Waals surface area (Å²) in [7, 11) is -2.03. The summed E-state index contributed by atoms with van der Waals surface area (Å²) in [5.74, 6) is -1.17. The van der Waals surface area contributed by atoms with Gasteiger partial charge < -0.3 is 9.84 Å². The molecular formula is C8H17NO5S. The molecule has 0 bridgehead atoms. The van der Waals surface area contributed by atoms with E-state index in [1.807, 2.05) is 0 Å². The van der Waals surface area contributed by atoms with E-state index in [-0.39, 0.29) is 18.8 Å². The van der Waals surface area contributed by atoms with Gasteiger partial charge in [-0.2, -0.15) is 0 Å². The van der Waals surface area contributed by atoms with E-state index in [1.165, 1.54) is 7.11 Å². The summed E-state index contributed by atoms with van der Waals surface area (Å²) in [6.45, 7) is 1.82. The highest BCUT2D eigenvalue weighted by atomic mass is 32.2. The van der Waals surface area contributed by atoms with Crippen LogP contribution >= 0.6 is 0 Å². The molecule has 0 radical (unpaired) electrons. The molecular weight excluding hydrogens is 222 g/mol. The smallest absolute Gasteiger partial charge is 0.304 e. The van der Waals surface area contributed by atoms with Crippen LogP contribution in [-0.2, 0) is 19.6 Å². The third kappa shape index (κ3) is 7.29. The lowest BCUT2D eigenvalue weighted by Gasteiger charge is -2.14. The molecule has 0 amide bonds. The summed E-state index contributed by atoms with van der Waals surface area (Å²) in [4.78, 5) is 10.4. The van der Waals surface area contributed by atoms with Gasteiger partial charge in [-0.15, -0.1) is 0 Å². The van der Waals surface area contributed by atoms with E-state index in [9.17, 15) is 13.2 Å². The van der Waals surface area contributed by atoms with Crippen LogP contribution in [0.3, 0.4) is 0 Å². The Bertz CT molecular complexity index is 287. The second kappa shape index (κ2) is 6.76. The molecule has 0 aliphatic heterocycles. The van der Waals surface area contributed by atoms with Gasteiger partial charge in [0.15, 0.2) is 0 Å². The molecule has 1 atom stereocenters. The van der Waals surface area contributed by atoms with Crippen LogP contribution in [0.25, 0.3) is 0 Å². The van der Waals surface area contributed by atoms with Gasteiger partial charge in [-0.1, -0.05) is 6.92 Å². The fraction of sp³-hybridized carbons (Fsp3) is 0.875. The van der Waals surface area contributed by atoms with Crippen LogP contribution in [0, 0.1) is 0 Å². The molecule has 0 aliphatic rings. The summed E-state index contributed by atoms with van der Waals surface area (Å²) >= 11 is 0. The molecule has 0 aromatic heterocycles. The SMILES string of the molecule is CCC(CC(=O)O)NS(=O)(=O)CCOC. The van der Waals surface area contributed by atoms with E-state index in [0.29, 0.717) is 6.42 Å². The minimum absolute atomic E-state index is 0.0961. The minimum atomic E-state index is -3.44. The number of carbonyl (C=O) groups is 1. The van der Waals surface area contributed by atoms with E-state index in [0.717, 1.165) is 0 Å². The van der Waals surface area contributed by atoms with Crippen LogP contribution in [0.5, 0.6) is 0 Å². The molecule has 0 saturated carbocycles. The summed E-state index contributed by atoms with van der Waals surface area (Å²) in [6.07, 6.45) is 0.237. The van der Waals surface area contributed by atoms with Gasteiger partial charge in [0.2, 0.25) is 10.0 Å². The maximum atomic E-state index is 11.4. The Labute approximate surface area is 89.7 Å². The molecule has 0 aromatic rings. The van der Waals surface area contributed by atoms with Crippen molar-refractivity contribution in [2.75, 3.05) is 19.5 Å². The molecule has 7 heteroatoms. The molecule has 0 spiro atoms. The Hall–Kier alpha value is -0.660. The van der Waals surface area contributed by atoms with Crippen molar-refractivity contribution in [2.24, 2.45) is 0 Å². The molecule has 6 nitrogen and oxygen atoms in total. The van der Waals surface area contributed by atoms with Gasteiger partial charge in [0.1, 0.15) is 0 Å². The van der Waals surface area contributed by atoms with E-state index in [1.54, 1.807) is 6.92 Å². The Kier molecular flexibility index (Phi) is 6.46. The van der Waals surface area contributed by atoms with Crippen molar-refractivity contribution in [3.8, 4) is 0 Å². The largest absolute Gasteiger partial charge is 0.481 e. The van der Waals surface area contributed by atoms with Crippen LogP contribution in [0.2, 0.25) is 0 Å². The fourth-order valence-electron chi connectivity index (χ4n) is 0.986. The van der Waals surface area contributed by atoms with Gasteiger partial charge in [-0.25, -0.2) is 13.1 Å². The first-order valence-corrected chi connectivity index (χ1v) is 6.27. The van der Waals surface area contributed by atoms with Gasteiger partial charge >= 0.3 is 5.97 Å². The minimum Gasteiger partial charge on any atom is -0.481 e. The van der Waals surface area contributed by atoms with Crippen molar-refractivity contribution in [1.82, 2.24) is 4.72 Å². The zero-order valence-corrected chi connectivity index (χ0v) is 9.71. The maximum absolute atomic E-state index is 11.4. The van der Waals surface area contributed by atoms with Crippen LogP contribution in [-0.4, -0.2) is 45.0 Å². The standard InChI is InChI=1S/C8H17NO5S/c1-3-7(6-8(10)11)9-15(12,13)5-4-14-2/h7,9H,3-6H2,1-2H3,(H,10,11). The van der Waals surface area contributed by atoms with Crippen LogP contribution in [0.4, 0.5) is 0 Å². The quantitative estimate of drug-likeness (QED) is 0.612. The summed E-state index contributed by atoms with van der Waals surface area (Å²) < 4.78 is 29.7. The lowest BCUT2D eigenvalue weighted by atomic mass is 10.2. The zero-order chi connectivity index (χ0) is 11.9. The number of rotatable bonds is 8. The van der Waals surface area contributed by atoms with Crippen molar-refractivity contribution >= 4 is 16.0 Å². The highest BCUT2D eigenvalue weighted by molar-refractivity contribution is 7.89. The molecule has 0 aromatic carbocycles. The number of carboxylic acid groups (broad SMARTS) is 1. The monoisotopic (exact) mass is 239 g/mol. The number of ether oxygens (including phenoxy) is 1. The third-order valence-electron chi connectivity index (χ3n) is 1.82. The zero-order valence-electron chi connectivity index (χ0n) is 8.89. The van der Waals surface area contributed by atoms with Gasteiger partial charge in [0, 0.05) is 13.2 Å². The number of aliphatic carboxylic acids is 1. The van der Waals surface area contributed by atoms with Crippen molar-refractivity contribution in [3.05, 3.63) is 0 Å². The number of nitrogens with one attached hydrogen (secondary N) is 1. The van der Waals surface area contributed by atoms with Crippen molar-refractivity contribution in [1.29, 1.82) is 0 Å². The number of hydrogen-bond acceptors (Lipinski definition) is 4. The molecule has 0 fully saturated rings. The Morgan fingerprint density at radius 3 is 2.53 bits per heavy atom. The highest BCUT2D eigenvalue weighted by Crippen LogP contribution is 2.00. The van der Waals surface area contributed by atoms with E-state index in [2.05, 4.69) is 9.46 Å². The molecule has 0 saturated heterocycles. The molecule has 1 unspecified atom stereocenters. The Morgan fingerprint density at radius 1 is 1.53 bits per heavy atom. The molecule has 0 heterocycles. The van der Waals surface area contributed by atoms with Crippen molar-refractivity contribution < 1.29 is 23.1 Å². The summed E-state index contributed by atoms with van der Waals surface area (Å²) in [6, 6.07) is -0.552. The predicted molar refractivity (Wildman–Crippen MR) is 55.1 cm³/mol. The molecule has 90 valence electrons. The van der Waals surface area contributed by atoms with E-state index >= 15 is 0 Å². The Morgan fingerprint density at radius 2 is 2.13 bits per heavy atom. The number of carboxylic acids is 1. The average Bonchev–Trinajstić information content (AvgIpc) is 2.12. The second-order valence-corrected chi connectivity index (χ2v) is 5.01. The van der Waals surface area contributed by atoms with E-state index < -0.39 is 22.0 Å². The van der Waals surface area contributed by atoms with Gasteiger partial charge in [-0.3, -0.25) is 4.79 Å². The topological polar surface area (TPSA) is 92.7 Å².